The molecule has 4 aromatic rings. The van der Waals surface area contributed by atoms with Crippen LogP contribution < -0.4 is 4.74 Å². The first-order chi connectivity index (χ1) is 12.7. The van der Waals surface area contributed by atoms with Gasteiger partial charge in [-0.25, -0.2) is 14.8 Å². The molecule has 0 saturated carbocycles. The number of aromatic nitrogens is 3. The van der Waals surface area contributed by atoms with Crippen molar-refractivity contribution in [2.24, 2.45) is 0 Å². The first kappa shape index (κ1) is 16.0. The van der Waals surface area contributed by atoms with E-state index in [1.807, 2.05) is 24.3 Å². The number of nitrogens with one attached hydrogen (secondary N) is 1. The van der Waals surface area contributed by atoms with E-state index in [0.717, 1.165) is 16.3 Å². The Morgan fingerprint density at radius 1 is 1.12 bits per heavy atom. The molecule has 1 aromatic carbocycles. The molecular weight excluding hydrogens is 334 g/mol. The molecule has 0 aliphatic heterocycles. The molecule has 4 rings (SSSR count). The van der Waals surface area contributed by atoms with Crippen LogP contribution in [0.4, 0.5) is 0 Å². The third-order valence-corrected chi connectivity index (χ3v) is 4.07. The first-order valence-electron chi connectivity index (χ1n) is 7.92. The highest BCUT2D eigenvalue weighted by atomic mass is 16.5. The van der Waals surface area contributed by atoms with Crippen molar-refractivity contribution in [2.75, 3.05) is 7.11 Å². The van der Waals surface area contributed by atoms with Gasteiger partial charge in [-0.2, -0.15) is 0 Å². The molecule has 0 aliphatic rings. The van der Waals surface area contributed by atoms with Crippen LogP contribution in [0.1, 0.15) is 16.1 Å². The maximum Gasteiger partial charge on any atom is 0.354 e. The van der Waals surface area contributed by atoms with Crippen molar-refractivity contribution in [2.45, 2.75) is 6.61 Å². The number of carbonyl (C=O) groups is 1. The van der Waals surface area contributed by atoms with Crippen molar-refractivity contribution in [3.63, 3.8) is 0 Å². The van der Waals surface area contributed by atoms with Crippen LogP contribution in [0.15, 0.2) is 48.8 Å². The summed E-state index contributed by atoms with van der Waals surface area (Å²) in [5, 5.41) is 11.0. The third kappa shape index (κ3) is 2.64. The van der Waals surface area contributed by atoms with Crippen molar-refractivity contribution < 1.29 is 19.4 Å². The van der Waals surface area contributed by atoms with E-state index in [-0.39, 0.29) is 12.3 Å². The van der Waals surface area contributed by atoms with E-state index < -0.39 is 5.97 Å². The van der Waals surface area contributed by atoms with Crippen molar-refractivity contribution in [1.29, 1.82) is 0 Å². The normalized spacial score (nSPS) is 11.1. The van der Waals surface area contributed by atoms with Gasteiger partial charge in [0, 0.05) is 30.3 Å². The molecule has 0 aliphatic carbocycles. The minimum absolute atomic E-state index is 0.0344. The number of rotatable bonds is 5. The highest BCUT2D eigenvalue weighted by Gasteiger charge is 2.20. The molecule has 3 heterocycles. The van der Waals surface area contributed by atoms with Crippen LogP contribution >= 0.6 is 0 Å². The summed E-state index contributed by atoms with van der Waals surface area (Å²) in [6, 6.07) is 11.0. The Balaban J connectivity index is 2.02. The zero-order valence-corrected chi connectivity index (χ0v) is 13.9. The zero-order chi connectivity index (χ0) is 18.1. The number of pyridine rings is 2. The number of carboxylic acid groups (broad SMARTS) is 1. The minimum atomic E-state index is -1.10. The Kier molecular flexibility index (Phi) is 3.98. The predicted octanol–water partition coefficient (Wildman–Crippen LogP) is 3.75. The van der Waals surface area contributed by atoms with Gasteiger partial charge in [-0.05, 0) is 18.2 Å². The van der Waals surface area contributed by atoms with Crippen LogP contribution in [0.25, 0.3) is 21.8 Å². The Bertz CT molecular complexity index is 1110. The highest BCUT2D eigenvalue weighted by molar-refractivity contribution is 6.13. The molecule has 0 saturated heterocycles. The number of fused-ring (bicyclic) bond motifs is 3. The van der Waals surface area contributed by atoms with Crippen molar-refractivity contribution in [1.82, 2.24) is 15.0 Å². The van der Waals surface area contributed by atoms with E-state index in [1.165, 1.54) is 13.3 Å². The fraction of sp³-hybridized carbons (Fsp3) is 0.105. The Morgan fingerprint density at radius 2 is 2.00 bits per heavy atom. The van der Waals surface area contributed by atoms with Gasteiger partial charge in [0.1, 0.15) is 5.75 Å². The van der Waals surface area contributed by atoms with Gasteiger partial charge in [-0.15, -0.1) is 0 Å². The molecule has 0 unspecified atom stereocenters. The fourth-order valence-corrected chi connectivity index (χ4v) is 3.05. The van der Waals surface area contributed by atoms with Crippen LogP contribution in [0.3, 0.4) is 0 Å². The lowest BCUT2D eigenvalue weighted by atomic mass is 10.1. The zero-order valence-electron chi connectivity index (χ0n) is 13.9. The summed E-state index contributed by atoms with van der Waals surface area (Å²) < 4.78 is 11.2. The van der Waals surface area contributed by atoms with E-state index in [1.54, 1.807) is 18.3 Å². The van der Waals surface area contributed by atoms with E-state index in [2.05, 4.69) is 15.0 Å². The second-order valence-corrected chi connectivity index (χ2v) is 5.69. The van der Waals surface area contributed by atoms with Crippen LogP contribution in [-0.4, -0.2) is 33.1 Å². The lowest BCUT2D eigenvalue weighted by Crippen LogP contribution is -2.07. The lowest BCUT2D eigenvalue weighted by molar-refractivity contribution is 0.0685. The number of hydrogen-bond donors (Lipinski definition) is 2. The summed E-state index contributed by atoms with van der Waals surface area (Å²) in [6.07, 6.45) is 3.16. The minimum Gasteiger partial charge on any atom is -0.477 e. The molecule has 0 fully saturated rings. The molecule has 26 heavy (non-hydrogen) atoms. The fourth-order valence-electron chi connectivity index (χ4n) is 3.05. The molecule has 0 atom stereocenters. The van der Waals surface area contributed by atoms with Gasteiger partial charge in [-0.3, -0.25) is 0 Å². The van der Waals surface area contributed by atoms with Crippen LogP contribution in [-0.2, 0) is 11.3 Å². The Morgan fingerprint density at radius 3 is 2.73 bits per heavy atom. The second-order valence-electron chi connectivity index (χ2n) is 5.69. The number of benzene rings is 1. The topological polar surface area (TPSA) is 97.3 Å². The summed E-state index contributed by atoms with van der Waals surface area (Å²) in [7, 11) is 1.52. The maximum atomic E-state index is 11.6. The quantitative estimate of drug-likeness (QED) is 0.569. The van der Waals surface area contributed by atoms with Gasteiger partial charge >= 0.3 is 5.97 Å². The third-order valence-electron chi connectivity index (χ3n) is 4.07. The summed E-state index contributed by atoms with van der Waals surface area (Å²) >= 11 is 0. The maximum absolute atomic E-state index is 11.6. The Hall–Kier alpha value is -3.45. The highest BCUT2D eigenvalue weighted by Crippen LogP contribution is 2.37. The molecule has 130 valence electrons. The summed E-state index contributed by atoms with van der Waals surface area (Å²) in [5.41, 5.74) is 2.00. The van der Waals surface area contributed by atoms with Crippen LogP contribution in [0.2, 0.25) is 0 Å². The van der Waals surface area contributed by atoms with Crippen molar-refractivity contribution >= 4 is 27.8 Å². The second kappa shape index (κ2) is 6.45. The van der Waals surface area contributed by atoms with Gasteiger partial charge in [-0.1, -0.05) is 12.1 Å². The van der Waals surface area contributed by atoms with Gasteiger partial charge in [0.15, 0.2) is 5.69 Å². The van der Waals surface area contributed by atoms with Crippen LogP contribution in [0, 0.1) is 0 Å². The van der Waals surface area contributed by atoms with Crippen molar-refractivity contribution in [3.8, 4) is 11.6 Å². The predicted molar refractivity (Wildman–Crippen MR) is 95.6 cm³/mol. The number of aromatic amines is 1. The molecule has 3 aromatic heterocycles. The summed E-state index contributed by atoms with van der Waals surface area (Å²) in [5.74, 6) is -0.0704. The SMILES string of the molecule is COCc1c(C(=O)O)ncc2[nH]c3cccc(Oc4ccccn4)c3c12. The van der Waals surface area contributed by atoms with Crippen LogP contribution in [0.5, 0.6) is 11.6 Å². The Labute approximate surface area is 148 Å². The van der Waals surface area contributed by atoms with E-state index >= 15 is 0 Å². The van der Waals surface area contributed by atoms with E-state index in [0.29, 0.717) is 22.7 Å². The number of nitrogens with zero attached hydrogens (tertiary/aromatic N) is 2. The number of carboxylic acids is 1. The monoisotopic (exact) mass is 349 g/mol. The lowest BCUT2D eigenvalue weighted by Gasteiger charge is -2.09. The molecule has 0 radical (unpaired) electrons. The number of hydrogen-bond acceptors (Lipinski definition) is 5. The smallest absolute Gasteiger partial charge is 0.354 e. The summed E-state index contributed by atoms with van der Waals surface area (Å²) in [6.45, 7) is 0.122. The van der Waals surface area contributed by atoms with Gasteiger partial charge in [0.2, 0.25) is 5.88 Å². The van der Waals surface area contributed by atoms with E-state index in [9.17, 15) is 9.90 Å². The molecule has 2 N–H and O–H groups in total. The molecular formula is C19H15N3O4. The average molecular weight is 349 g/mol. The molecule has 7 heteroatoms. The van der Waals surface area contributed by atoms with Gasteiger partial charge < -0.3 is 19.6 Å². The molecule has 0 spiro atoms. The number of aromatic carboxylic acids is 1. The van der Waals surface area contributed by atoms with Gasteiger partial charge in [0.05, 0.1) is 29.2 Å². The number of H-pyrrole nitrogens is 1. The molecule has 7 nitrogen and oxygen atoms in total. The molecule has 0 amide bonds. The van der Waals surface area contributed by atoms with E-state index in [4.69, 9.17) is 9.47 Å². The average Bonchev–Trinajstić information content (AvgIpc) is 3.03. The van der Waals surface area contributed by atoms with Crippen molar-refractivity contribution in [3.05, 3.63) is 60.0 Å². The summed E-state index contributed by atoms with van der Waals surface area (Å²) in [4.78, 5) is 23.1. The largest absolute Gasteiger partial charge is 0.477 e. The standard InChI is InChI=1S/C19H15N3O4/c1-25-10-11-16-13(9-21-18(11)19(23)24)22-12-5-4-6-14(17(12)16)26-15-7-2-3-8-20-15/h2-9,22H,10H2,1H3,(H,23,24). The van der Waals surface area contributed by atoms with Gasteiger partial charge in [0.25, 0.3) is 0 Å². The number of ether oxygens (including phenoxy) is 2. The number of methoxy groups -OCH3 is 1. The molecule has 0 bridgehead atoms. The first-order valence-corrected chi connectivity index (χ1v) is 7.92.